The van der Waals surface area contributed by atoms with Crippen LogP contribution in [0, 0.1) is 6.92 Å². The minimum atomic E-state index is 0.613. The smallest absolute Gasteiger partial charge is 0.127 e. The number of methoxy groups -OCH3 is 1. The minimum Gasteiger partial charge on any atom is -0.497 e. The normalized spacial score (nSPS) is 10.6. The summed E-state index contributed by atoms with van der Waals surface area (Å²) >= 11 is 0. The summed E-state index contributed by atoms with van der Waals surface area (Å²) in [6.07, 6.45) is 0. The van der Waals surface area contributed by atoms with Gasteiger partial charge in [-0.2, -0.15) is 5.10 Å². The molecular weight excluding hydrogens is 262 g/mol. The molecule has 4 nitrogen and oxygen atoms in total. The number of anilines is 1. The third kappa shape index (κ3) is 2.48. The van der Waals surface area contributed by atoms with Crippen molar-refractivity contribution in [1.29, 1.82) is 0 Å². The molecule has 0 aliphatic carbocycles. The van der Waals surface area contributed by atoms with Gasteiger partial charge < -0.3 is 10.5 Å². The highest BCUT2D eigenvalue weighted by Gasteiger charge is 2.10. The van der Waals surface area contributed by atoms with E-state index < -0.39 is 0 Å². The van der Waals surface area contributed by atoms with E-state index in [-0.39, 0.29) is 0 Å². The number of nitrogens with two attached hydrogens (primary N) is 1. The standard InChI is InChI=1S/C17H17N3O/c1-12-6-3-4-9-16(12)20-17(18)11-15(19-20)13-7-5-8-14(10-13)21-2/h3-11H,18H2,1-2H3. The maximum Gasteiger partial charge on any atom is 0.127 e. The zero-order valence-electron chi connectivity index (χ0n) is 12.1. The largest absolute Gasteiger partial charge is 0.497 e. The predicted octanol–water partition coefficient (Wildman–Crippen LogP) is 3.44. The molecule has 3 aromatic rings. The number of ether oxygens (including phenoxy) is 1. The van der Waals surface area contributed by atoms with Crippen LogP contribution in [-0.4, -0.2) is 16.9 Å². The molecule has 2 aromatic carbocycles. The van der Waals surface area contributed by atoms with E-state index in [1.165, 1.54) is 0 Å². The zero-order valence-corrected chi connectivity index (χ0v) is 12.1. The molecule has 0 bridgehead atoms. The van der Waals surface area contributed by atoms with Gasteiger partial charge in [-0.05, 0) is 30.7 Å². The van der Waals surface area contributed by atoms with E-state index in [0.29, 0.717) is 5.82 Å². The van der Waals surface area contributed by atoms with E-state index >= 15 is 0 Å². The number of nitrogen functional groups attached to an aromatic ring is 1. The van der Waals surface area contributed by atoms with Gasteiger partial charge in [0.1, 0.15) is 11.6 Å². The first kappa shape index (κ1) is 13.2. The summed E-state index contributed by atoms with van der Waals surface area (Å²) in [5.41, 5.74) is 10.0. The molecule has 0 saturated carbocycles. The van der Waals surface area contributed by atoms with Gasteiger partial charge in [0.15, 0.2) is 0 Å². The van der Waals surface area contributed by atoms with Crippen molar-refractivity contribution in [1.82, 2.24) is 9.78 Å². The Morgan fingerprint density at radius 1 is 1.05 bits per heavy atom. The monoisotopic (exact) mass is 279 g/mol. The Balaban J connectivity index is 2.07. The third-order valence-electron chi connectivity index (χ3n) is 3.45. The van der Waals surface area contributed by atoms with Crippen molar-refractivity contribution in [3.63, 3.8) is 0 Å². The van der Waals surface area contributed by atoms with Crippen LogP contribution in [0.5, 0.6) is 5.75 Å². The first-order valence-corrected chi connectivity index (χ1v) is 6.75. The first-order valence-electron chi connectivity index (χ1n) is 6.75. The Morgan fingerprint density at radius 3 is 2.62 bits per heavy atom. The Labute approximate surface area is 123 Å². The summed E-state index contributed by atoms with van der Waals surface area (Å²) < 4.78 is 7.02. The number of aromatic nitrogens is 2. The van der Waals surface area contributed by atoms with E-state index in [1.54, 1.807) is 11.8 Å². The van der Waals surface area contributed by atoms with Crippen LogP contribution in [0.15, 0.2) is 54.6 Å². The molecule has 0 saturated heterocycles. The molecule has 4 heteroatoms. The Bertz CT molecular complexity index is 777. The molecule has 106 valence electrons. The molecule has 2 N–H and O–H groups in total. The molecule has 0 amide bonds. The topological polar surface area (TPSA) is 53.1 Å². The van der Waals surface area contributed by atoms with E-state index in [0.717, 1.165) is 28.3 Å². The fourth-order valence-electron chi connectivity index (χ4n) is 2.31. The number of hydrogen-bond donors (Lipinski definition) is 1. The number of aryl methyl sites for hydroxylation is 1. The molecule has 1 aromatic heterocycles. The van der Waals surface area contributed by atoms with Crippen LogP contribution in [0.1, 0.15) is 5.56 Å². The van der Waals surface area contributed by atoms with E-state index in [9.17, 15) is 0 Å². The van der Waals surface area contributed by atoms with Crippen molar-refractivity contribution in [2.45, 2.75) is 6.92 Å². The fourth-order valence-corrected chi connectivity index (χ4v) is 2.31. The second-order valence-corrected chi connectivity index (χ2v) is 4.88. The van der Waals surface area contributed by atoms with E-state index in [1.807, 2.05) is 61.5 Å². The molecule has 0 aliphatic heterocycles. The summed E-state index contributed by atoms with van der Waals surface area (Å²) in [5, 5.41) is 4.62. The maximum atomic E-state index is 6.12. The molecule has 0 aliphatic rings. The number of nitrogens with zero attached hydrogens (tertiary/aromatic N) is 2. The second kappa shape index (κ2) is 5.32. The minimum absolute atomic E-state index is 0.613. The Kier molecular flexibility index (Phi) is 3.36. The average molecular weight is 279 g/mol. The lowest BCUT2D eigenvalue weighted by molar-refractivity contribution is 0.415. The number of para-hydroxylation sites is 1. The van der Waals surface area contributed by atoms with Gasteiger partial charge in [0.2, 0.25) is 0 Å². The summed E-state index contributed by atoms with van der Waals surface area (Å²) in [5.74, 6) is 1.42. The lowest BCUT2D eigenvalue weighted by Crippen LogP contribution is -2.03. The molecule has 0 unspecified atom stereocenters. The number of rotatable bonds is 3. The molecule has 0 atom stereocenters. The van der Waals surface area contributed by atoms with Gasteiger partial charge in [0.25, 0.3) is 0 Å². The highest BCUT2D eigenvalue weighted by molar-refractivity contribution is 5.65. The van der Waals surface area contributed by atoms with Gasteiger partial charge in [-0.1, -0.05) is 30.3 Å². The number of benzene rings is 2. The van der Waals surface area contributed by atoms with Gasteiger partial charge in [0, 0.05) is 11.6 Å². The molecule has 3 rings (SSSR count). The third-order valence-corrected chi connectivity index (χ3v) is 3.45. The molecule has 0 radical (unpaired) electrons. The lowest BCUT2D eigenvalue weighted by atomic mass is 10.1. The van der Waals surface area contributed by atoms with Gasteiger partial charge in [-0.3, -0.25) is 0 Å². The van der Waals surface area contributed by atoms with Crippen molar-refractivity contribution in [3.05, 3.63) is 60.2 Å². The summed E-state index contributed by atoms with van der Waals surface area (Å²) in [4.78, 5) is 0. The number of hydrogen-bond acceptors (Lipinski definition) is 3. The van der Waals surface area contributed by atoms with Gasteiger partial charge in [-0.25, -0.2) is 4.68 Å². The Hall–Kier alpha value is -2.75. The quantitative estimate of drug-likeness (QED) is 0.799. The first-order chi connectivity index (χ1) is 10.2. The lowest BCUT2D eigenvalue weighted by Gasteiger charge is -2.07. The van der Waals surface area contributed by atoms with Crippen molar-refractivity contribution in [2.75, 3.05) is 12.8 Å². The van der Waals surface area contributed by atoms with Crippen LogP contribution in [0.3, 0.4) is 0 Å². The summed E-state index contributed by atoms with van der Waals surface area (Å²) in [6, 6.07) is 17.7. The molecular formula is C17H17N3O. The highest BCUT2D eigenvalue weighted by atomic mass is 16.5. The van der Waals surface area contributed by atoms with Crippen LogP contribution in [-0.2, 0) is 0 Å². The Morgan fingerprint density at radius 2 is 1.86 bits per heavy atom. The van der Waals surface area contributed by atoms with Crippen molar-refractivity contribution in [3.8, 4) is 22.7 Å². The SMILES string of the molecule is COc1cccc(-c2cc(N)n(-c3ccccc3C)n2)c1. The van der Waals surface area contributed by atoms with Gasteiger partial charge in [-0.15, -0.1) is 0 Å². The van der Waals surface area contributed by atoms with Crippen molar-refractivity contribution < 1.29 is 4.74 Å². The van der Waals surface area contributed by atoms with Crippen LogP contribution < -0.4 is 10.5 Å². The van der Waals surface area contributed by atoms with Crippen LogP contribution in [0.2, 0.25) is 0 Å². The average Bonchev–Trinajstić information content (AvgIpc) is 2.90. The molecule has 21 heavy (non-hydrogen) atoms. The maximum absolute atomic E-state index is 6.12. The van der Waals surface area contributed by atoms with Gasteiger partial charge >= 0.3 is 0 Å². The zero-order chi connectivity index (χ0) is 14.8. The highest BCUT2D eigenvalue weighted by Crippen LogP contribution is 2.26. The molecule has 0 spiro atoms. The van der Waals surface area contributed by atoms with E-state index in [2.05, 4.69) is 5.10 Å². The van der Waals surface area contributed by atoms with Crippen molar-refractivity contribution >= 4 is 5.82 Å². The summed E-state index contributed by atoms with van der Waals surface area (Å²) in [7, 11) is 1.65. The molecule has 0 fully saturated rings. The molecule has 1 heterocycles. The van der Waals surface area contributed by atoms with Crippen LogP contribution >= 0.6 is 0 Å². The second-order valence-electron chi connectivity index (χ2n) is 4.88. The van der Waals surface area contributed by atoms with Gasteiger partial charge in [0.05, 0.1) is 18.5 Å². The van der Waals surface area contributed by atoms with Crippen molar-refractivity contribution in [2.24, 2.45) is 0 Å². The van der Waals surface area contributed by atoms with E-state index in [4.69, 9.17) is 10.5 Å². The van der Waals surface area contributed by atoms with Crippen LogP contribution in [0.25, 0.3) is 16.9 Å². The fraction of sp³-hybridized carbons (Fsp3) is 0.118. The summed E-state index contributed by atoms with van der Waals surface area (Å²) in [6.45, 7) is 2.04. The van der Waals surface area contributed by atoms with Crippen LogP contribution in [0.4, 0.5) is 5.82 Å². The predicted molar refractivity (Wildman–Crippen MR) is 84.7 cm³/mol.